The van der Waals surface area contributed by atoms with Gasteiger partial charge in [0.2, 0.25) is 0 Å². The highest BCUT2D eigenvalue weighted by Gasteiger charge is 2.35. The van der Waals surface area contributed by atoms with Gasteiger partial charge in [0, 0.05) is 11.9 Å². The fourth-order valence-corrected chi connectivity index (χ4v) is 2.45. The summed E-state index contributed by atoms with van der Waals surface area (Å²) >= 11 is 1.38. The van der Waals surface area contributed by atoms with Gasteiger partial charge in [-0.25, -0.2) is 0 Å². The first-order valence-corrected chi connectivity index (χ1v) is 5.98. The van der Waals surface area contributed by atoms with E-state index in [1.54, 1.807) is 6.07 Å². The molecule has 0 aliphatic rings. The zero-order valence-corrected chi connectivity index (χ0v) is 10.7. The summed E-state index contributed by atoms with van der Waals surface area (Å²) in [4.78, 5) is 1.66. The van der Waals surface area contributed by atoms with Gasteiger partial charge in [-0.3, -0.25) is 4.68 Å². The third kappa shape index (κ3) is 2.33. The van der Waals surface area contributed by atoms with Gasteiger partial charge in [0.05, 0.1) is 4.88 Å². The van der Waals surface area contributed by atoms with Crippen molar-refractivity contribution in [2.75, 3.05) is 0 Å². The summed E-state index contributed by atoms with van der Waals surface area (Å²) in [5.74, 6) is 0. The number of nitrogens with zero attached hydrogens (tertiary/aromatic N) is 2. The van der Waals surface area contributed by atoms with Crippen LogP contribution in [0, 0.1) is 0 Å². The molecule has 0 atom stereocenters. The van der Waals surface area contributed by atoms with E-state index >= 15 is 0 Å². The van der Waals surface area contributed by atoms with Crippen LogP contribution in [0.1, 0.15) is 17.5 Å². The molecule has 2 heterocycles. The lowest BCUT2D eigenvalue weighted by atomic mass is 10.2. The van der Waals surface area contributed by atoms with Crippen molar-refractivity contribution in [3.8, 4) is 10.6 Å². The molecule has 2 aromatic heterocycles. The Labute approximate surface area is 106 Å². The predicted molar refractivity (Wildman–Crippen MR) is 66.2 cm³/mol. The van der Waals surface area contributed by atoms with Gasteiger partial charge in [-0.2, -0.15) is 18.3 Å². The average molecular weight is 272 g/mol. The molecule has 0 aromatic carbocycles. The first-order valence-electron chi connectivity index (χ1n) is 5.16. The van der Waals surface area contributed by atoms with Gasteiger partial charge < -0.3 is 0 Å². The largest absolute Gasteiger partial charge is 0.433 e. The lowest BCUT2D eigenvalue weighted by molar-refractivity contribution is -0.143. The second-order valence-electron chi connectivity index (χ2n) is 3.98. The van der Waals surface area contributed by atoms with Crippen LogP contribution in [-0.4, -0.2) is 9.78 Å². The minimum absolute atomic E-state index is 0.335. The van der Waals surface area contributed by atoms with Crippen LogP contribution in [0.4, 0.5) is 13.2 Å². The fourth-order valence-electron chi connectivity index (χ4n) is 1.56. The molecule has 2 rings (SSSR count). The Kier molecular flexibility index (Phi) is 3.06. The van der Waals surface area contributed by atoms with E-state index in [1.807, 2.05) is 13.0 Å². The summed E-state index contributed by atoms with van der Waals surface area (Å²) in [5.41, 5.74) is 0.475. The van der Waals surface area contributed by atoms with Crippen molar-refractivity contribution in [2.24, 2.45) is 7.05 Å². The molecule has 0 bridgehead atoms. The second-order valence-corrected chi connectivity index (χ2v) is 5.06. The van der Waals surface area contributed by atoms with Gasteiger partial charge in [0.1, 0.15) is 11.4 Å². The van der Waals surface area contributed by atoms with Gasteiger partial charge in [-0.1, -0.05) is 6.58 Å². The summed E-state index contributed by atoms with van der Waals surface area (Å²) in [5, 5.41) is 3.90. The zero-order valence-electron chi connectivity index (χ0n) is 9.88. The van der Waals surface area contributed by atoms with Gasteiger partial charge in [0.25, 0.3) is 0 Å². The molecule has 0 aliphatic carbocycles. The fraction of sp³-hybridized carbons (Fsp3) is 0.250. The van der Waals surface area contributed by atoms with E-state index in [1.165, 1.54) is 18.4 Å². The average Bonchev–Trinajstić information content (AvgIpc) is 2.81. The molecule has 0 saturated heterocycles. The molecule has 0 fully saturated rings. The third-order valence-electron chi connectivity index (χ3n) is 2.45. The van der Waals surface area contributed by atoms with Crippen LogP contribution in [-0.2, 0) is 13.2 Å². The molecule has 0 amide bonds. The van der Waals surface area contributed by atoms with E-state index in [2.05, 4.69) is 11.7 Å². The van der Waals surface area contributed by atoms with E-state index in [9.17, 15) is 13.2 Å². The maximum Gasteiger partial charge on any atom is 0.433 e. The summed E-state index contributed by atoms with van der Waals surface area (Å²) in [6.45, 7) is 5.66. The summed E-state index contributed by atoms with van der Waals surface area (Å²) in [6, 6.07) is 4.66. The smallest absolute Gasteiger partial charge is 0.263 e. The first kappa shape index (κ1) is 12.9. The molecule has 18 heavy (non-hydrogen) atoms. The lowest BCUT2D eigenvalue weighted by Gasteiger charge is -2.04. The molecule has 2 nitrogen and oxygen atoms in total. The van der Waals surface area contributed by atoms with Crippen molar-refractivity contribution in [2.45, 2.75) is 13.1 Å². The third-order valence-corrected chi connectivity index (χ3v) is 3.72. The van der Waals surface area contributed by atoms with Crippen molar-refractivity contribution in [3.63, 3.8) is 0 Å². The van der Waals surface area contributed by atoms with E-state index in [-0.39, 0.29) is 0 Å². The van der Waals surface area contributed by atoms with Crippen LogP contribution in [0.15, 0.2) is 24.8 Å². The molecule has 0 aliphatic heterocycles. The van der Waals surface area contributed by atoms with Crippen molar-refractivity contribution in [1.29, 1.82) is 0 Å². The Morgan fingerprint density at radius 3 is 2.50 bits per heavy atom. The maximum absolute atomic E-state index is 12.6. The number of aromatic nitrogens is 2. The van der Waals surface area contributed by atoms with Crippen molar-refractivity contribution >= 4 is 16.9 Å². The Balaban J connectivity index is 2.42. The number of hydrogen-bond donors (Lipinski definition) is 0. The predicted octanol–water partition coefficient (Wildman–Crippen LogP) is 4.20. The number of aryl methyl sites for hydroxylation is 1. The summed E-state index contributed by atoms with van der Waals surface area (Å²) < 4.78 is 38.8. The van der Waals surface area contributed by atoms with Crippen LogP contribution in [0.3, 0.4) is 0 Å². The number of rotatable bonds is 2. The highest BCUT2D eigenvalue weighted by Crippen LogP contribution is 2.35. The van der Waals surface area contributed by atoms with Crippen LogP contribution < -0.4 is 0 Å². The van der Waals surface area contributed by atoms with E-state index < -0.39 is 11.9 Å². The van der Waals surface area contributed by atoms with Crippen molar-refractivity contribution in [3.05, 3.63) is 35.3 Å². The summed E-state index contributed by atoms with van der Waals surface area (Å²) in [6.07, 6.45) is -4.38. The minimum Gasteiger partial charge on any atom is -0.263 e. The van der Waals surface area contributed by atoms with Gasteiger partial charge in [-0.15, -0.1) is 11.3 Å². The van der Waals surface area contributed by atoms with E-state index in [4.69, 9.17) is 0 Å². The molecule has 6 heteroatoms. The molecule has 2 aromatic rings. The molecule has 0 N–H and O–H groups in total. The van der Waals surface area contributed by atoms with E-state index in [0.29, 0.717) is 10.6 Å². The number of alkyl halides is 3. The molecule has 0 saturated carbocycles. The second kappa shape index (κ2) is 4.28. The quantitative estimate of drug-likeness (QED) is 0.801. The monoisotopic (exact) mass is 272 g/mol. The number of thiophene rings is 1. The molecule has 0 unspecified atom stereocenters. The number of hydrogen-bond acceptors (Lipinski definition) is 2. The van der Waals surface area contributed by atoms with Crippen LogP contribution in [0.2, 0.25) is 0 Å². The van der Waals surface area contributed by atoms with Gasteiger partial charge in [0.15, 0.2) is 0 Å². The standard InChI is InChI=1S/C12H11F3N2S/c1-7(2)9-4-5-10(18-9)8-6-11(12(13,14)15)17(3)16-8/h4-6H,1H2,2-3H3. The normalized spacial score (nSPS) is 11.8. The first-order chi connectivity index (χ1) is 8.29. The Morgan fingerprint density at radius 1 is 1.39 bits per heavy atom. The summed E-state index contributed by atoms with van der Waals surface area (Å²) in [7, 11) is 1.29. The molecular weight excluding hydrogens is 261 g/mol. The highest BCUT2D eigenvalue weighted by molar-refractivity contribution is 7.16. The van der Waals surface area contributed by atoms with Crippen LogP contribution in [0.5, 0.6) is 0 Å². The van der Waals surface area contributed by atoms with Crippen LogP contribution in [0.25, 0.3) is 16.1 Å². The minimum atomic E-state index is -4.38. The van der Waals surface area contributed by atoms with Gasteiger partial charge in [-0.05, 0) is 30.7 Å². The Morgan fingerprint density at radius 2 is 2.06 bits per heavy atom. The van der Waals surface area contributed by atoms with Gasteiger partial charge >= 0.3 is 6.18 Å². The van der Waals surface area contributed by atoms with Crippen LogP contribution >= 0.6 is 11.3 Å². The SMILES string of the molecule is C=C(C)c1ccc(-c2cc(C(F)(F)F)n(C)n2)s1. The molecule has 96 valence electrons. The number of halogens is 3. The lowest BCUT2D eigenvalue weighted by Crippen LogP contribution is -2.11. The highest BCUT2D eigenvalue weighted by atomic mass is 32.1. The van der Waals surface area contributed by atoms with E-state index in [0.717, 1.165) is 21.2 Å². The molecular formula is C12H11F3N2S. The molecule has 0 radical (unpaired) electrons. The molecule has 0 spiro atoms. The maximum atomic E-state index is 12.6. The van der Waals surface area contributed by atoms with Crippen molar-refractivity contribution in [1.82, 2.24) is 9.78 Å². The Hall–Kier alpha value is -1.56. The van der Waals surface area contributed by atoms with Crippen molar-refractivity contribution < 1.29 is 13.2 Å². The topological polar surface area (TPSA) is 17.8 Å². The Bertz CT molecular complexity index is 593. The number of allylic oxidation sites excluding steroid dienone is 1. The zero-order chi connectivity index (χ0) is 13.5.